The summed E-state index contributed by atoms with van der Waals surface area (Å²) >= 11 is 5.83. The Hall–Kier alpha value is -1.22. The van der Waals surface area contributed by atoms with Gasteiger partial charge in [-0.2, -0.15) is 0 Å². The highest BCUT2D eigenvalue weighted by Crippen LogP contribution is 2.20. The molecule has 0 heterocycles. The summed E-state index contributed by atoms with van der Waals surface area (Å²) in [5.41, 5.74) is 1.11. The van der Waals surface area contributed by atoms with Crippen LogP contribution in [0.5, 0.6) is 5.75 Å². The Morgan fingerprint density at radius 1 is 1.56 bits per heavy atom. The van der Waals surface area contributed by atoms with Crippen molar-refractivity contribution in [3.63, 3.8) is 0 Å². The Kier molecular flexibility index (Phi) is 4.19. The maximum absolute atomic E-state index is 12.0. The van der Waals surface area contributed by atoms with Gasteiger partial charge in [-0.05, 0) is 26.0 Å². The highest BCUT2D eigenvalue weighted by atomic mass is 35.5. The summed E-state index contributed by atoms with van der Waals surface area (Å²) in [4.78, 5) is 13.6. The van der Waals surface area contributed by atoms with E-state index in [4.69, 9.17) is 11.6 Å². The first kappa shape index (κ1) is 12.8. The summed E-state index contributed by atoms with van der Waals surface area (Å²) in [5.74, 6) is 0.0130. The van der Waals surface area contributed by atoms with Crippen LogP contribution in [0.3, 0.4) is 0 Å². The third-order valence-corrected chi connectivity index (χ3v) is 2.55. The van der Waals surface area contributed by atoms with Crippen molar-refractivity contribution in [1.82, 2.24) is 4.90 Å². The van der Waals surface area contributed by atoms with E-state index in [0.29, 0.717) is 17.7 Å². The fourth-order valence-electron chi connectivity index (χ4n) is 1.52. The zero-order chi connectivity index (χ0) is 12.3. The van der Waals surface area contributed by atoms with Gasteiger partial charge in [0.2, 0.25) is 0 Å². The third-order valence-electron chi connectivity index (χ3n) is 2.41. The molecule has 1 amide bonds. The Balaban J connectivity index is 2.92. The number of phenols is 1. The van der Waals surface area contributed by atoms with Crippen molar-refractivity contribution in [3.8, 4) is 5.75 Å². The van der Waals surface area contributed by atoms with Crippen LogP contribution in [0.25, 0.3) is 0 Å². The Labute approximate surface area is 101 Å². The fraction of sp³-hybridized carbons (Fsp3) is 0.417. The summed E-state index contributed by atoms with van der Waals surface area (Å²) in [7, 11) is 1.70. The van der Waals surface area contributed by atoms with Crippen LogP contribution in [-0.4, -0.2) is 34.9 Å². The largest absolute Gasteiger partial charge is 0.508 e. The lowest BCUT2D eigenvalue weighted by molar-refractivity contribution is 0.0795. The maximum atomic E-state index is 12.0. The first-order valence-electron chi connectivity index (χ1n) is 5.11. The molecule has 0 aliphatic carbocycles. The van der Waals surface area contributed by atoms with Gasteiger partial charge in [0.05, 0.1) is 0 Å². The van der Waals surface area contributed by atoms with E-state index < -0.39 is 0 Å². The lowest BCUT2D eigenvalue weighted by Crippen LogP contribution is -2.31. The maximum Gasteiger partial charge on any atom is 0.254 e. The molecular weight excluding hydrogens is 226 g/mol. The van der Waals surface area contributed by atoms with Crippen LogP contribution >= 0.6 is 11.6 Å². The van der Waals surface area contributed by atoms with Crippen molar-refractivity contribution in [2.24, 2.45) is 0 Å². The zero-order valence-corrected chi connectivity index (χ0v) is 10.5. The average molecular weight is 242 g/mol. The van der Waals surface area contributed by atoms with Crippen molar-refractivity contribution in [1.29, 1.82) is 0 Å². The van der Waals surface area contributed by atoms with E-state index in [1.807, 2.05) is 6.92 Å². The van der Waals surface area contributed by atoms with Crippen LogP contribution in [-0.2, 0) is 0 Å². The Morgan fingerprint density at radius 2 is 2.19 bits per heavy atom. The number of carbonyl (C=O) groups is 1. The van der Waals surface area contributed by atoms with Crippen LogP contribution in [0, 0.1) is 6.92 Å². The number of aromatic hydroxyl groups is 1. The summed E-state index contributed by atoms with van der Waals surface area (Å²) in [5, 5.41) is 9.42. The van der Waals surface area contributed by atoms with Crippen molar-refractivity contribution in [3.05, 3.63) is 29.3 Å². The molecule has 0 aromatic heterocycles. The number of rotatable bonds is 3. The van der Waals surface area contributed by atoms with Crippen molar-refractivity contribution in [2.45, 2.75) is 19.2 Å². The van der Waals surface area contributed by atoms with Gasteiger partial charge in [-0.25, -0.2) is 0 Å². The molecule has 0 aliphatic rings. The van der Waals surface area contributed by atoms with Gasteiger partial charge in [0.25, 0.3) is 5.91 Å². The van der Waals surface area contributed by atoms with Crippen molar-refractivity contribution >= 4 is 17.5 Å². The molecule has 0 radical (unpaired) electrons. The molecule has 0 fully saturated rings. The smallest absolute Gasteiger partial charge is 0.254 e. The summed E-state index contributed by atoms with van der Waals surface area (Å²) < 4.78 is 0. The first-order chi connectivity index (χ1) is 7.43. The first-order valence-corrected chi connectivity index (χ1v) is 5.55. The van der Waals surface area contributed by atoms with Crippen LogP contribution < -0.4 is 0 Å². The number of hydrogen-bond donors (Lipinski definition) is 1. The minimum atomic E-state index is -0.124. The van der Waals surface area contributed by atoms with Gasteiger partial charge in [-0.1, -0.05) is 6.07 Å². The quantitative estimate of drug-likeness (QED) is 0.826. The topological polar surface area (TPSA) is 40.5 Å². The fourth-order valence-corrected chi connectivity index (χ4v) is 1.73. The molecule has 0 spiro atoms. The monoisotopic (exact) mass is 241 g/mol. The average Bonchev–Trinajstić information content (AvgIpc) is 2.20. The van der Waals surface area contributed by atoms with Gasteiger partial charge in [-0.15, -0.1) is 11.6 Å². The van der Waals surface area contributed by atoms with Crippen LogP contribution in [0.4, 0.5) is 0 Å². The van der Waals surface area contributed by atoms with E-state index >= 15 is 0 Å². The number of amides is 1. The minimum absolute atomic E-state index is 0.0911. The molecule has 3 nitrogen and oxygen atoms in total. The number of benzene rings is 1. The van der Waals surface area contributed by atoms with Gasteiger partial charge >= 0.3 is 0 Å². The van der Waals surface area contributed by atoms with E-state index in [1.54, 1.807) is 37.1 Å². The van der Waals surface area contributed by atoms with Gasteiger partial charge in [0.1, 0.15) is 5.75 Å². The second-order valence-electron chi connectivity index (χ2n) is 3.92. The van der Waals surface area contributed by atoms with Crippen molar-refractivity contribution in [2.75, 3.05) is 13.6 Å². The molecule has 0 bridgehead atoms. The van der Waals surface area contributed by atoms with Gasteiger partial charge < -0.3 is 10.0 Å². The number of hydrogen-bond acceptors (Lipinski definition) is 2. The van der Waals surface area contributed by atoms with Crippen molar-refractivity contribution < 1.29 is 9.90 Å². The number of nitrogens with zero attached hydrogens (tertiary/aromatic N) is 1. The molecule has 4 heteroatoms. The van der Waals surface area contributed by atoms with Gasteiger partial charge in [-0.3, -0.25) is 4.79 Å². The SMILES string of the molecule is Cc1c(O)cccc1C(=O)N(C)CC(C)Cl. The minimum Gasteiger partial charge on any atom is -0.508 e. The molecule has 0 aliphatic heterocycles. The lowest BCUT2D eigenvalue weighted by Gasteiger charge is -2.19. The highest BCUT2D eigenvalue weighted by molar-refractivity contribution is 6.20. The molecule has 88 valence electrons. The summed E-state index contributed by atoms with van der Waals surface area (Å²) in [6.07, 6.45) is 0. The molecule has 1 atom stereocenters. The number of carbonyl (C=O) groups excluding carboxylic acids is 1. The van der Waals surface area contributed by atoms with Crippen LogP contribution in [0.15, 0.2) is 18.2 Å². The van der Waals surface area contributed by atoms with E-state index in [9.17, 15) is 9.90 Å². The predicted molar refractivity (Wildman–Crippen MR) is 65.1 cm³/mol. The molecule has 1 unspecified atom stereocenters. The Bertz CT molecular complexity index is 391. The zero-order valence-electron chi connectivity index (χ0n) is 9.70. The Morgan fingerprint density at radius 3 is 2.75 bits per heavy atom. The summed E-state index contributed by atoms with van der Waals surface area (Å²) in [6.45, 7) is 4.04. The molecule has 0 saturated carbocycles. The second-order valence-corrected chi connectivity index (χ2v) is 4.66. The van der Waals surface area contributed by atoms with E-state index in [-0.39, 0.29) is 17.0 Å². The normalized spacial score (nSPS) is 12.2. The molecule has 1 N–H and O–H groups in total. The highest BCUT2D eigenvalue weighted by Gasteiger charge is 2.16. The molecule has 1 rings (SSSR count). The van der Waals surface area contributed by atoms with Gasteiger partial charge in [0.15, 0.2) is 0 Å². The third kappa shape index (κ3) is 2.89. The summed E-state index contributed by atoms with van der Waals surface area (Å²) in [6, 6.07) is 4.93. The lowest BCUT2D eigenvalue weighted by atomic mass is 10.1. The molecule has 0 saturated heterocycles. The standard InChI is InChI=1S/C12H16ClNO2/c1-8(13)7-14(3)12(16)10-5-4-6-11(15)9(10)2/h4-6,8,15H,7H2,1-3H3. The predicted octanol–water partition coefficient (Wildman–Crippen LogP) is 2.40. The van der Waals surface area contributed by atoms with E-state index in [0.717, 1.165) is 0 Å². The number of phenolic OH excluding ortho intramolecular Hbond substituents is 1. The molecule has 1 aromatic rings. The molecule has 1 aromatic carbocycles. The second kappa shape index (κ2) is 5.21. The number of alkyl halides is 1. The number of halogens is 1. The molecular formula is C12H16ClNO2. The van der Waals surface area contributed by atoms with E-state index in [2.05, 4.69) is 0 Å². The van der Waals surface area contributed by atoms with Crippen LogP contribution in [0.2, 0.25) is 0 Å². The molecule has 16 heavy (non-hydrogen) atoms. The van der Waals surface area contributed by atoms with Crippen LogP contribution in [0.1, 0.15) is 22.8 Å². The van der Waals surface area contributed by atoms with Gasteiger partial charge in [0, 0.05) is 30.1 Å². The van der Waals surface area contributed by atoms with E-state index in [1.165, 1.54) is 0 Å².